The van der Waals surface area contributed by atoms with Crippen LogP contribution in [0.5, 0.6) is 5.75 Å². The molecule has 122 valence electrons. The molecule has 1 unspecified atom stereocenters. The number of rotatable bonds is 6. The van der Waals surface area contributed by atoms with Gasteiger partial charge in [-0.25, -0.2) is 4.79 Å². The summed E-state index contributed by atoms with van der Waals surface area (Å²) >= 11 is 3.16. The molecule has 0 radical (unpaired) electrons. The monoisotopic (exact) mass is 373 g/mol. The van der Waals surface area contributed by atoms with Crippen molar-refractivity contribution in [2.24, 2.45) is 0 Å². The van der Waals surface area contributed by atoms with Crippen LogP contribution in [0.15, 0.2) is 24.3 Å². The van der Waals surface area contributed by atoms with Crippen LogP contribution in [0, 0.1) is 0 Å². The van der Waals surface area contributed by atoms with Gasteiger partial charge in [0.1, 0.15) is 11.4 Å². The number of aliphatic carboxylic acids is 1. The number of benzene rings is 1. The average molecular weight is 374 g/mol. The van der Waals surface area contributed by atoms with Gasteiger partial charge in [-0.2, -0.15) is 0 Å². The molecule has 0 aromatic heterocycles. The molecule has 1 rings (SSSR count). The molecule has 0 aliphatic heterocycles. The zero-order valence-corrected chi connectivity index (χ0v) is 14.6. The van der Waals surface area contributed by atoms with Crippen molar-refractivity contribution in [1.82, 2.24) is 5.32 Å². The summed E-state index contributed by atoms with van der Waals surface area (Å²) in [5.41, 5.74) is -0.227. The molecule has 0 heterocycles. The summed E-state index contributed by atoms with van der Waals surface area (Å²) < 4.78 is 8.63. The lowest BCUT2D eigenvalue weighted by Crippen LogP contribution is -2.47. The quantitative estimate of drug-likeness (QED) is 0.452. The van der Waals surface area contributed by atoms with Crippen LogP contribution in [0.4, 0.5) is 0 Å². The maximum absolute atomic E-state index is 11.8. The summed E-state index contributed by atoms with van der Waals surface area (Å²) in [7, 11) is 1.49. The summed E-state index contributed by atoms with van der Waals surface area (Å²) in [5.74, 6) is -1.20. The summed E-state index contributed by atoms with van der Waals surface area (Å²) in [6.45, 7) is 4.97. The molecule has 0 saturated heterocycles. The minimum absolute atomic E-state index is 0.258. The molecule has 0 saturated carbocycles. The smallest absolute Gasteiger partial charge is 0.339 e. The van der Waals surface area contributed by atoms with Crippen LogP contribution < -0.4 is 10.1 Å². The highest BCUT2D eigenvalue weighted by Crippen LogP contribution is 2.31. The fraction of sp³-hybridized carbons (Fsp3) is 0.467. The van der Waals surface area contributed by atoms with Crippen LogP contribution in [0.3, 0.4) is 0 Å². The van der Waals surface area contributed by atoms with E-state index >= 15 is 0 Å². The van der Waals surface area contributed by atoms with Gasteiger partial charge in [0.2, 0.25) is 0 Å². The Balaban J connectivity index is 2.92. The Hall–Kier alpha value is -1.60. The number of hydrogen-bond acceptors (Lipinski definition) is 5. The van der Waals surface area contributed by atoms with E-state index in [9.17, 15) is 14.7 Å². The van der Waals surface area contributed by atoms with Crippen molar-refractivity contribution >= 4 is 27.9 Å². The minimum Gasteiger partial charge on any atom is -0.497 e. The summed E-state index contributed by atoms with van der Waals surface area (Å²) in [6, 6.07) is 6.56. The fourth-order valence-corrected chi connectivity index (χ4v) is 2.10. The number of methoxy groups -OCH3 is 1. The van der Waals surface area contributed by atoms with E-state index in [4.69, 9.17) is 9.47 Å². The number of hydrogen-bond donors (Lipinski definition) is 2. The van der Waals surface area contributed by atoms with E-state index in [1.807, 2.05) is 0 Å². The van der Waals surface area contributed by atoms with Crippen molar-refractivity contribution in [3.8, 4) is 5.75 Å². The number of carbonyl (C=O) groups is 2. The van der Waals surface area contributed by atoms with Crippen molar-refractivity contribution in [1.29, 1.82) is 0 Å². The van der Waals surface area contributed by atoms with Crippen molar-refractivity contribution in [3.63, 3.8) is 0 Å². The third-order valence-electron chi connectivity index (χ3n) is 2.66. The van der Waals surface area contributed by atoms with Crippen LogP contribution in [-0.2, 0) is 18.8 Å². The molecule has 0 aliphatic rings. The van der Waals surface area contributed by atoms with Gasteiger partial charge >= 0.3 is 11.9 Å². The van der Waals surface area contributed by atoms with E-state index < -0.39 is 22.0 Å². The van der Waals surface area contributed by atoms with Crippen molar-refractivity contribution in [2.45, 2.75) is 30.8 Å². The first kappa shape index (κ1) is 18.4. The molecule has 6 nitrogen and oxygen atoms in total. The lowest BCUT2D eigenvalue weighted by Gasteiger charge is -2.26. The zero-order chi connectivity index (χ0) is 17.0. The highest BCUT2D eigenvalue weighted by atomic mass is 79.9. The number of alkyl halides is 1. The second-order valence-electron chi connectivity index (χ2n) is 5.64. The first-order valence-electron chi connectivity index (χ1n) is 6.62. The standard InChI is InChI=1S/C15H20BrNO5/c1-14(2,3)22-12(18)9-17-15(16,13(19)20)10-6-5-7-11(8-10)21-4/h5-8,17H,9H2,1-4H3,(H,19,20). The molecule has 0 amide bonds. The maximum atomic E-state index is 11.8. The summed E-state index contributed by atoms with van der Waals surface area (Å²) in [6.07, 6.45) is 0. The molecular formula is C15H20BrNO5. The van der Waals surface area contributed by atoms with E-state index in [1.165, 1.54) is 7.11 Å². The SMILES string of the molecule is COc1cccc(C(Br)(NCC(=O)OC(C)(C)C)C(=O)O)c1. The van der Waals surface area contributed by atoms with Crippen molar-refractivity contribution in [2.75, 3.05) is 13.7 Å². The molecule has 1 aromatic carbocycles. The van der Waals surface area contributed by atoms with E-state index in [0.717, 1.165) is 0 Å². The molecule has 0 aliphatic carbocycles. The van der Waals surface area contributed by atoms with Crippen LogP contribution in [0.25, 0.3) is 0 Å². The predicted molar refractivity (Wildman–Crippen MR) is 85.1 cm³/mol. The molecule has 0 fully saturated rings. The lowest BCUT2D eigenvalue weighted by molar-refractivity contribution is -0.154. The van der Waals surface area contributed by atoms with Crippen LogP contribution >= 0.6 is 15.9 Å². The summed E-state index contributed by atoms with van der Waals surface area (Å²) in [5, 5.41) is 12.2. The molecule has 7 heteroatoms. The second kappa shape index (κ2) is 7.11. The number of carbonyl (C=O) groups excluding carboxylic acids is 1. The zero-order valence-electron chi connectivity index (χ0n) is 13.0. The van der Waals surface area contributed by atoms with Gasteiger partial charge in [-0.1, -0.05) is 12.1 Å². The van der Waals surface area contributed by atoms with Gasteiger partial charge < -0.3 is 14.6 Å². The first-order chi connectivity index (χ1) is 10.1. The second-order valence-corrected chi connectivity index (χ2v) is 6.83. The number of carboxylic acid groups (broad SMARTS) is 1. The number of carboxylic acids is 1. The highest BCUT2D eigenvalue weighted by molar-refractivity contribution is 9.10. The van der Waals surface area contributed by atoms with E-state index in [-0.39, 0.29) is 6.54 Å². The molecular weight excluding hydrogens is 354 g/mol. The molecule has 1 aromatic rings. The fourth-order valence-electron chi connectivity index (χ4n) is 1.71. The third-order valence-corrected chi connectivity index (χ3v) is 3.74. The molecule has 0 bridgehead atoms. The maximum Gasteiger partial charge on any atom is 0.339 e. The van der Waals surface area contributed by atoms with Crippen molar-refractivity contribution < 1.29 is 24.2 Å². The highest BCUT2D eigenvalue weighted by Gasteiger charge is 2.38. The topological polar surface area (TPSA) is 84.9 Å². The minimum atomic E-state index is -1.61. The number of esters is 1. The van der Waals surface area contributed by atoms with Gasteiger partial charge in [-0.05, 0) is 54.4 Å². The predicted octanol–water partition coefficient (Wildman–Crippen LogP) is 2.26. The van der Waals surface area contributed by atoms with Gasteiger partial charge in [0, 0.05) is 0 Å². The van der Waals surface area contributed by atoms with Crippen LogP contribution in [0.2, 0.25) is 0 Å². The molecule has 22 heavy (non-hydrogen) atoms. The Bertz CT molecular complexity index is 555. The van der Waals surface area contributed by atoms with E-state index in [2.05, 4.69) is 21.2 Å². The lowest BCUT2D eigenvalue weighted by atomic mass is 10.1. The Labute approximate surface area is 137 Å². The number of halogens is 1. The molecule has 0 spiro atoms. The molecule has 1 atom stereocenters. The number of nitrogens with one attached hydrogen (secondary N) is 1. The summed E-state index contributed by atoms with van der Waals surface area (Å²) in [4.78, 5) is 23.4. The van der Waals surface area contributed by atoms with Gasteiger partial charge in [0.05, 0.1) is 13.7 Å². The Morgan fingerprint density at radius 3 is 2.45 bits per heavy atom. The van der Waals surface area contributed by atoms with E-state index in [0.29, 0.717) is 11.3 Å². The molecule has 2 N–H and O–H groups in total. The van der Waals surface area contributed by atoms with Crippen LogP contribution in [0.1, 0.15) is 26.3 Å². The number of ether oxygens (including phenoxy) is 2. The Morgan fingerprint density at radius 1 is 1.32 bits per heavy atom. The van der Waals surface area contributed by atoms with Crippen molar-refractivity contribution in [3.05, 3.63) is 29.8 Å². The van der Waals surface area contributed by atoms with E-state index in [1.54, 1.807) is 45.0 Å². The first-order valence-corrected chi connectivity index (χ1v) is 7.41. The van der Waals surface area contributed by atoms with Crippen LogP contribution in [-0.4, -0.2) is 36.3 Å². The Morgan fingerprint density at radius 2 is 1.95 bits per heavy atom. The Kier molecular flexibility index (Phi) is 5.96. The van der Waals surface area contributed by atoms with Gasteiger partial charge in [0.15, 0.2) is 4.45 Å². The third kappa shape index (κ3) is 4.99. The van der Waals surface area contributed by atoms with Gasteiger partial charge in [-0.15, -0.1) is 0 Å². The normalized spacial score (nSPS) is 14.0. The van der Waals surface area contributed by atoms with Gasteiger partial charge in [0.25, 0.3) is 0 Å². The van der Waals surface area contributed by atoms with Gasteiger partial charge in [-0.3, -0.25) is 10.1 Å². The largest absolute Gasteiger partial charge is 0.497 e. The average Bonchev–Trinajstić information content (AvgIpc) is 2.42.